The maximum atomic E-state index is 12.0. The summed E-state index contributed by atoms with van der Waals surface area (Å²) < 4.78 is 10.1. The van der Waals surface area contributed by atoms with Gasteiger partial charge in [0.15, 0.2) is 0 Å². The van der Waals surface area contributed by atoms with Crippen LogP contribution in [0.5, 0.6) is 0 Å². The molecule has 0 bridgehead atoms. The Balaban J connectivity index is 1.93. The molecule has 1 fully saturated rings. The molecule has 1 aliphatic heterocycles. The van der Waals surface area contributed by atoms with Gasteiger partial charge in [-0.1, -0.05) is 5.16 Å². The van der Waals surface area contributed by atoms with Crippen molar-refractivity contribution in [1.82, 2.24) is 10.5 Å². The van der Waals surface area contributed by atoms with Gasteiger partial charge in [0.1, 0.15) is 11.5 Å². The second-order valence-electron chi connectivity index (χ2n) is 4.65. The summed E-state index contributed by atoms with van der Waals surface area (Å²) in [5.74, 6) is 0.615. The highest BCUT2D eigenvalue weighted by atomic mass is 16.5. The third-order valence-electron chi connectivity index (χ3n) is 3.14. The van der Waals surface area contributed by atoms with Gasteiger partial charge in [-0.3, -0.25) is 4.79 Å². The molecular formula is C11H17N3O3. The molecule has 3 N–H and O–H groups in total. The molecule has 2 atom stereocenters. The fourth-order valence-corrected chi connectivity index (χ4v) is 1.80. The number of nitrogens with one attached hydrogen (secondary N) is 1. The van der Waals surface area contributed by atoms with Gasteiger partial charge in [-0.05, 0) is 13.8 Å². The Kier molecular flexibility index (Phi) is 3.17. The normalized spacial score (nSPS) is 28.3. The Bertz CT molecular complexity index is 418. The molecule has 1 saturated heterocycles. The van der Waals surface area contributed by atoms with E-state index >= 15 is 0 Å². The zero-order valence-corrected chi connectivity index (χ0v) is 10.0. The van der Waals surface area contributed by atoms with Crippen LogP contribution in [0, 0.1) is 12.3 Å². The number of rotatable bonds is 3. The Morgan fingerprint density at radius 3 is 3.06 bits per heavy atom. The summed E-state index contributed by atoms with van der Waals surface area (Å²) in [7, 11) is 0. The Morgan fingerprint density at radius 1 is 1.76 bits per heavy atom. The number of carbonyl (C=O) groups is 1. The second kappa shape index (κ2) is 4.46. The van der Waals surface area contributed by atoms with Gasteiger partial charge in [-0.25, -0.2) is 0 Å². The summed E-state index contributed by atoms with van der Waals surface area (Å²) in [4.78, 5) is 12.0. The number of ether oxygens (including phenoxy) is 1. The van der Waals surface area contributed by atoms with Crippen molar-refractivity contribution in [2.75, 3.05) is 13.2 Å². The van der Waals surface area contributed by atoms with Gasteiger partial charge in [0, 0.05) is 12.1 Å². The number of carbonyl (C=O) groups excluding carboxylic acids is 1. The highest BCUT2D eigenvalue weighted by molar-refractivity contribution is 5.83. The largest absolute Gasteiger partial charge is 0.379 e. The van der Waals surface area contributed by atoms with Crippen molar-refractivity contribution in [2.45, 2.75) is 26.4 Å². The Labute approximate surface area is 99.5 Å². The minimum Gasteiger partial charge on any atom is -0.379 e. The molecule has 17 heavy (non-hydrogen) atoms. The first-order chi connectivity index (χ1) is 8.02. The standard InChI is InChI=1S/C11H17N3O3/c1-7-3-8(14-17-7)4-13-10(15)11(2)6-16-5-9(11)12/h3,9H,4-6,12H2,1-2H3,(H,13,15). The highest BCUT2D eigenvalue weighted by Crippen LogP contribution is 2.27. The number of hydrogen-bond donors (Lipinski definition) is 2. The fourth-order valence-electron chi connectivity index (χ4n) is 1.80. The van der Waals surface area contributed by atoms with E-state index in [1.54, 1.807) is 13.0 Å². The number of amides is 1. The summed E-state index contributed by atoms with van der Waals surface area (Å²) in [6.45, 7) is 4.75. The van der Waals surface area contributed by atoms with E-state index in [0.29, 0.717) is 25.5 Å². The molecule has 0 aliphatic carbocycles. The molecule has 94 valence electrons. The molecule has 0 aromatic carbocycles. The number of aryl methyl sites for hydroxylation is 1. The van der Waals surface area contributed by atoms with Crippen molar-refractivity contribution >= 4 is 5.91 Å². The van der Waals surface area contributed by atoms with Gasteiger partial charge < -0.3 is 20.3 Å². The van der Waals surface area contributed by atoms with Gasteiger partial charge in [-0.2, -0.15) is 0 Å². The maximum absolute atomic E-state index is 12.0. The average molecular weight is 239 g/mol. The van der Waals surface area contributed by atoms with E-state index < -0.39 is 5.41 Å². The Morgan fingerprint density at radius 2 is 2.53 bits per heavy atom. The van der Waals surface area contributed by atoms with Crippen molar-refractivity contribution in [3.05, 3.63) is 17.5 Å². The molecule has 2 heterocycles. The summed E-state index contributed by atoms with van der Waals surface area (Å²) in [5.41, 5.74) is 5.91. The van der Waals surface area contributed by atoms with Crippen LogP contribution in [0.2, 0.25) is 0 Å². The van der Waals surface area contributed by atoms with Crippen LogP contribution in [0.4, 0.5) is 0 Å². The molecule has 1 aromatic heterocycles. The SMILES string of the molecule is Cc1cc(CNC(=O)C2(C)COCC2N)no1. The predicted octanol–water partition coefficient (Wildman–Crippen LogP) is -0.0370. The smallest absolute Gasteiger partial charge is 0.230 e. The van der Waals surface area contributed by atoms with Crippen molar-refractivity contribution in [3.63, 3.8) is 0 Å². The molecule has 0 saturated carbocycles. The summed E-state index contributed by atoms with van der Waals surface area (Å²) in [5, 5.41) is 6.61. The number of hydrogen-bond acceptors (Lipinski definition) is 5. The molecule has 1 aliphatic rings. The molecule has 0 spiro atoms. The zero-order valence-electron chi connectivity index (χ0n) is 10.0. The zero-order chi connectivity index (χ0) is 12.5. The lowest BCUT2D eigenvalue weighted by Crippen LogP contribution is -2.49. The average Bonchev–Trinajstić information content (AvgIpc) is 2.84. The number of aromatic nitrogens is 1. The first-order valence-corrected chi connectivity index (χ1v) is 5.56. The van der Waals surface area contributed by atoms with Crippen LogP contribution in [0.1, 0.15) is 18.4 Å². The van der Waals surface area contributed by atoms with Crippen LogP contribution >= 0.6 is 0 Å². The van der Waals surface area contributed by atoms with Crippen LogP contribution in [0.3, 0.4) is 0 Å². The van der Waals surface area contributed by atoms with Crippen LogP contribution in [0.25, 0.3) is 0 Å². The van der Waals surface area contributed by atoms with Crippen LogP contribution in [-0.4, -0.2) is 30.3 Å². The monoisotopic (exact) mass is 239 g/mol. The third-order valence-corrected chi connectivity index (χ3v) is 3.14. The van der Waals surface area contributed by atoms with Crippen LogP contribution in [-0.2, 0) is 16.1 Å². The first-order valence-electron chi connectivity index (χ1n) is 5.56. The van der Waals surface area contributed by atoms with Crippen molar-refractivity contribution in [1.29, 1.82) is 0 Å². The summed E-state index contributed by atoms with van der Waals surface area (Å²) in [6.07, 6.45) is 0. The fraction of sp³-hybridized carbons (Fsp3) is 0.636. The minimum atomic E-state index is -0.654. The second-order valence-corrected chi connectivity index (χ2v) is 4.65. The molecule has 1 amide bonds. The highest BCUT2D eigenvalue weighted by Gasteiger charge is 2.44. The molecule has 2 unspecified atom stereocenters. The molecular weight excluding hydrogens is 222 g/mol. The van der Waals surface area contributed by atoms with Crippen molar-refractivity contribution < 1.29 is 14.1 Å². The lowest BCUT2D eigenvalue weighted by molar-refractivity contribution is -0.130. The lowest BCUT2D eigenvalue weighted by atomic mass is 9.85. The Hall–Kier alpha value is -1.40. The molecule has 6 heteroatoms. The van der Waals surface area contributed by atoms with E-state index in [1.165, 1.54) is 0 Å². The molecule has 1 aromatic rings. The lowest BCUT2D eigenvalue weighted by Gasteiger charge is -2.25. The van der Waals surface area contributed by atoms with E-state index in [4.69, 9.17) is 15.0 Å². The van der Waals surface area contributed by atoms with Crippen molar-refractivity contribution in [2.24, 2.45) is 11.1 Å². The minimum absolute atomic E-state index is 0.108. The van der Waals surface area contributed by atoms with Crippen LogP contribution < -0.4 is 11.1 Å². The molecule has 0 radical (unpaired) electrons. The summed E-state index contributed by atoms with van der Waals surface area (Å²) >= 11 is 0. The topological polar surface area (TPSA) is 90.4 Å². The van der Waals surface area contributed by atoms with E-state index in [1.807, 2.05) is 6.92 Å². The number of nitrogens with zero attached hydrogens (tertiary/aromatic N) is 1. The van der Waals surface area contributed by atoms with Crippen LogP contribution in [0.15, 0.2) is 10.6 Å². The van der Waals surface area contributed by atoms with Gasteiger partial charge in [0.2, 0.25) is 5.91 Å². The molecule has 6 nitrogen and oxygen atoms in total. The van der Waals surface area contributed by atoms with Gasteiger partial charge >= 0.3 is 0 Å². The van der Waals surface area contributed by atoms with E-state index in [-0.39, 0.29) is 11.9 Å². The van der Waals surface area contributed by atoms with E-state index in [2.05, 4.69) is 10.5 Å². The maximum Gasteiger partial charge on any atom is 0.230 e. The molecule has 2 rings (SSSR count). The predicted molar refractivity (Wildman–Crippen MR) is 60.0 cm³/mol. The van der Waals surface area contributed by atoms with E-state index in [9.17, 15) is 4.79 Å². The van der Waals surface area contributed by atoms with E-state index in [0.717, 1.165) is 5.76 Å². The quantitative estimate of drug-likeness (QED) is 0.772. The van der Waals surface area contributed by atoms with Gasteiger partial charge in [0.25, 0.3) is 0 Å². The third kappa shape index (κ3) is 2.32. The van der Waals surface area contributed by atoms with Gasteiger partial charge in [-0.15, -0.1) is 0 Å². The van der Waals surface area contributed by atoms with Gasteiger partial charge in [0.05, 0.1) is 25.2 Å². The number of nitrogens with two attached hydrogens (primary N) is 1. The first kappa shape index (κ1) is 12.1. The summed E-state index contributed by atoms with van der Waals surface area (Å²) in [6, 6.07) is 1.52. The van der Waals surface area contributed by atoms with Crippen molar-refractivity contribution in [3.8, 4) is 0 Å².